The van der Waals surface area contributed by atoms with E-state index in [1.54, 1.807) is 26.8 Å². The van der Waals surface area contributed by atoms with Crippen molar-refractivity contribution in [3.05, 3.63) is 65.2 Å². The van der Waals surface area contributed by atoms with E-state index in [1.807, 2.05) is 42.5 Å². The summed E-state index contributed by atoms with van der Waals surface area (Å²) < 4.78 is 5.13. The fraction of sp³-hybridized carbons (Fsp3) is 0.423. The highest BCUT2D eigenvalue weighted by Crippen LogP contribution is 2.22. The highest BCUT2D eigenvalue weighted by molar-refractivity contribution is 6.04. The Kier molecular flexibility index (Phi) is 8.63. The number of benzene rings is 2. The summed E-state index contributed by atoms with van der Waals surface area (Å²) in [6.45, 7) is 12.2. The first-order valence-corrected chi connectivity index (χ1v) is 11.1. The molecule has 0 aromatic heterocycles. The molecular formula is C26H35N3O4. The molecule has 33 heavy (non-hydrogen) atoms. The smallest absolute Gasteiger partial charge is 0.407 e. The molecule has 0 aliphatic rings. The highest BCUT2D eigenvalue weighted by atomic mass is 16.6. The van der Waals surface area contributed by atoms with Gasteiger partial charge in [0.2, 0.25) is 5.91 Å². The number of nitrogens with one attached hydrogen (secondary N) is 3. The first kappa shape index (κ1) is 25.9. The summed E-state index contributed by atoms with van der Waals surface area (Å²) in [5.74, 6) is -0.385. The molecular weight excluding hydrogens is 418 g/mol. The average Bonchev–Trinajstić information content (AvgIpc) is 2.70. The van der Waals surface area contributed by atoms with Gasteiger partial charge in [-0.25, -0.2) is 4.79 Å². The molecule has 0 saturated carbocycles. The van der Waals surface area contributed by atoms with Crippen molar-refractivity contribution in [2.45, 2.75) is 65.5 Å². The van der Waals surface area contributed by atoms with E-state index in [4.69, 9.17) is 4.74 Å². The quantitative estimate of drug-likeness (QED) is 0.563. The molecule has 0 unspecified atom stereocenters. The Balaban J connectivity index is 1.82. The van der Waals surface area contributed by atoms with Crippen LogP contribution in [0, 0.1) is 0 Å². The summed E-state index contributed by atoms with van der Waals surface area (Å²) in [6, 6.07) is 14.9. The maximum Gasteiger partial charge on any atom is 0.407 e. The lowest BCUT2D eigenvalue weighted by Crippen LogP contribution is -2.35. The van der Waals surface area contributed by atoms with Gasteiger partial charge in [-0.3, -0.25) is 9.59 Å². The van der Waals surface area contributed by atoms with Gasteiger partial charge in [0, 0.05) is 30.8 Å². The van der Waals surface area contributed by atoms with E-state index in [0.717, 1.165) is 11.1 Å². The third-order valence-corrected chi connectivity index (χ3v) is 4.71. The largest absolute Gasteiger partial charge is 0.444 e. The van der Waals surface area contributed by atoms with Gasteiger partial charge >= 0.3 is 6.09 Å². The van der Waals surface area contributed by atoms with E-state index < -0.39 is 11.7 Å². The molecule has 0 heterocycles. The summed E-state index contributed by atoms with van der Waals surface area (Å²) in [7, 11) is 0. The normalized spacial score (nSPS) is 11.5. The van der Waals surface area contributed by atoms with E-state index in [0.29, 0.717) is 17.8 Å². The molecule has 2 rings (SSSR count). The van der Waals surface area contributed by atoms with Gasteiger partial charge in [-0.2, -0.15) is 0 Å². The Hall–Kier alpha value is -3.35. The fourth-order valence-electron chi connectivity index (χ4n) is 2.97. The average molecular weight is 454 g/mol. The van der Waals surface area contributed by atoms with Crippen LogP contribution in [0.4, 0.5) is 10.5 Å². The number of carbonyl (C=O) groups excluding carboxylic acids is 3. The van der Waals surface area contributed by atoms with Crippen molar-refractivity contribution in [2.24, 2.45) is 0 Å². The fourth-order valence-corrected chi connectivity index (χ4v) is 2.97. The first-order chi connectivity index (χ1) is 15.3. The van der Waals surface area contributed by atoms with Crippen molar-refractivity contribution in [3.63, 3.8) is 0 Å². The molecule has 0 aliphatic carbocycles. The van der Waals surface area contributed by atoms with E-state index in [1.165, 1.54) is 0 Å². The lowest BCUT2D eigenvalue weighted by Gasteiger charge is -2.19. The summed E-state index contributed by atoms with van der Waals surface area (Å²) in [5, 5.41) is 8.26. The first-order valence-electron chi connectivity index (χ1n) is 11.1. The minimum atomic E-state index is -0.581. The Morgan fingerprint density at radius 1 is 0.879 bits per heavy atom. The van der Waals surface area contributed by atoms with E-state index >= 15 is 0 Å². The topological polar surface area (TPSA) is 96.5 Å². The Morgan fingerprint density at radius 3 is 2.15 bits per heavy atom. The summed E-state index contributed by atoms with van der Waals surface area (Å²) in [6.07, 6.45) is -0.410. The van der Waals surface area contributed by atoms with Gasteiger partial charge in [0.25, 0.3) is 5.91 Å². The SMILES string of the molecule is CC(C)(C)OC(=O)NCCC(=O)NCc1cccc(NC(=O)c2ccc(C(C)(C)C)cc2)c1. The predicted octanol–water partition coefficient (Wildman–Crippen LogP) is 4.77. The number of anilines is 1. The van der Waals surface area contributed by atoms with Crippen LogP contribution in [-0.4, -0.2) is 30.1 Å². The standard InChI is InChI=1S/C26H35N3O4/c1-25(2,3)20-12-10-19(11-13-20)23(31)29-21-9-7-8-18(16-21)17-28-22(30)14-15-27-24(32)33-26(4,5)6/h7-13,16H,14-15,17H2,1-6H3,(H,27,32)(H,28,30)(H,29,31). The van der Waals surface area contributed by atoms with Crippen LogP contribution in [0.5, 0.6) is 0 Å². The molecule has 2 aromatic rings. The van der Waals surface area contributed by atoms with E-state index in [-0.39, 0.29) is 30.2 Å². The predicted molar refractivity (Wildman–Crippen MR) is 130 cm³/mol. The minimum absolute atomic E-state index is 0.0273. The van der Waals surface area contributed by atoms with Gasteiger partial charge in [0.1, 0.15) is 5.60 Å². The molecule has 0 atom stereocenters. The van der Waals surface area contributed by atoms with Crippen molar-refractivity contribution in [3.8, 4) is 0 Å². The maximum absolute atomic E-state index is 12.6. The van der Waals surface area contributed by atoms with Crippen LogP contribution in [0.3, 0.4) is 0 Å². The number of amides is 3. The van der Waals surface area contributed by atoms with Gasteiger partial charge in [-0.05, 0) is 61.6 Å². The van der Waals surface area contributed by atoms with Gasteiger partial charge < -0.3 is 20.7 Å². The molecule has 0 bridgehead atoms. The lowest BCUT2D eigenvalue weighted by atomic mass is 9.87. The number of alkyl carbamates (subject to hydrolysis) is 1. The number of rotatable bonds is 7. The zero-order valence-electron chi connectivity index (χ0n) is 20.4. The number of hydrogen-bond acceptors (Lipinski definition) is 4. The van der Waals surface area contributed by atoms with Crippen molar-refractivity contribution < 1.29 is 19.1 Å². The van der Waals surface area contributed by atoms with E-state index in [9.17, 15) is 14.4 Å². The molecule has 3 amide bonds. The Labute approximate surface area is 196 Å². The highest BCUT2D eigenvalue weighted by Gasteiger charge is 2.16. The van der Waals surface area contributed by atoms with Crippen molar-refractivity contribution >= 4 is 23.6 Å². The molecule has 0 saturated heterocycles. The zero-order chi connectivity index (χ0) is 24.6. The molecule has 0 fully saturated rings. The minimum Gasteiger partial charge on any atom is -0.444 e. The van der Waals surface area contributed by atoms with Crippen molar-refractivity contribution in [2.75, 3.05) is 11.9 Å². The number of ether oxygens (including phenoxy) is 1. The summed E-state index contributed by atoms with van der Waals surface area (Å²) in [5.41, 5.74) is 2.70. The van der Waals surface area contributed by atoms with Crippen LogP contribution in [0.25, 0.3) is 0 Å². The summed E-state index contributed by atoms with van der Waals surface area (Å²) >= 11 is 0. The van der Waals surface area contributed by atoms with Gasteiger partial charge in [-0.15, -0.1) is 0 Å². The van der Waals surface area contributed by atoms with Crippen molar-refractivity contribution in [1.82, 2.24) is 10.6 Å². The second-order valence-electron chi connectivity index (χ2n) is 9.94. The van der Waals surface area contributed by atoms with E-state index in [2.05, 4.69) is 36.7 Å². The monoisotopic (exact) mass is 453 g/mol. The second kappa shape index (κ2) is 11.0. The molecule has 0 aliphatic heterocycles. The molecule has 3 N–H and O–H groups in total. The van der Waals surface area contributed by atoms with Crippen LogP contribution >= 0.6 is 0 Å². The Morgan fingerprint density at radius 2 is 1.55 bits per heavy atom. The van der Waals surface area contributed by atoms with Gasteiger partial charge in [-0.1, -0.05) is 45.0 Å². The third kappa shape index (κ3) is 9.35. The molecule has 0 spiro atoms. The zero-order valence-corrected chi connectivity index (χ0v) is 20.4. The number of hydrogen-bond donors (Lipinski definition) is 3. The van der Waals surface area contributed by atoms with Crippen LogP contribution < -0.4 is 16.0 Å². The molecule has 7 heteroatoms. The maximum atomic E-state index is 12.6. The van der Waals surface area contributed by atoms with Gasteiger partial charge in [0.05, 0.1) is 0 Å². The molecule has 2 aromatic carbocycles. The Bertz CT molecular complexity index is 970. The summed E-state index contributed by atoms with van der Waals surface area (Å²) in [4.78, 5) is 36.3. The van der Waals surface area contributed by atoms with Crippen LogP contribution in [-0.2, 0) is 21.5 Å². The third-order valence-electron chi connectivity index (χ3n) is 4.71. The van der Waals surface area contributed by atoms with Crippen LogP contribution in [0.15, 0.2) is 48.5 Å². The molecule has 7 nitrogen and oxygen atoms in total. The lowest BCUT2D eigenvalue weighted by molar-refractivity contribution is -0.121. The van der Waals surface area contributed by atoms with Gasteiger partial charge in [0.15, 0.2) is 0 Å². The second-order valence-corrected chi connectivity index (χ2v) is 9.94. The number of carbonyl (C=O) groups is 3. The van der Waals surface area contributed by atoms with Crippen molar-refractivity contribution in [1.29, 1.82) is 0 Å². The molecule has 178 valence electrons. The van der Waals surface area contributed by atoms with Crippen LogP contribution in [0.1, 0.15) is 69.4 Å². The molecule has 0 radical (unpaired) electrons. The van der Waals surface area contributed by atoms with Crippen LogP contribution in [0.2, 0.25) is 0 Å².